The molecule has 19 heavy (non-hydrogen) atoms. The molecule has 0 aliphatic heterocycles. The van der Waals surface area contributed by atoms with E-state index in [1.807, 2.05) is 11.6 Å². The predicted octanol–water partition coefficient (Wildman–Crippen LogP) is 3.66. The minimum Gasteiger partial charge on any atom is -0.394 e. The molecule has 0 atom stereocenters. The molecule has 4 heteroatoms. The average molecular weight is 258 g/mol. The molecule has 2 aromatic rings. The van der Waals surface area contributed by atoms with Gasteiger partial charge in [0.1, 0.15) is 0 Å². The Morgan fingerprint density at radius 2 is 1.89 bits per heavy atom. The topological polar surface area (TPSA) is 55.9 Å². The van der Waals surface area contributed by atoms with Gasteiger partial charge < -0.3 is 11.1 Å². The highest BCUT2D eigenvalue weighted by molar-refractivity contribution is 5.71. The third-order valence-electron chi connectivity index (χ3n) is 3.25. The molecule has 1 aromatic heterocycles. The molecular formula is C15H22N4. The van der Waals surface area contributed by atoms with Crippen LogP contribution in [0.15, 0.2) is 24.3 Å². The highest BCUT2D eigenvalue weighted by Gasteiger charge is 2.14. The second kappa shape index (κ2) is 5.34. The Morgan fingerprint density at radius 1 is 1.26 bits per heavy atom. The molecule has 0 unspecified atom stereocenters. The van der Waals surface area contributed by atoms with Crippen LogP contribution in [0.5, 0.6) is 0 Å². The number of aryl methyl sites for hydroxylation is 2. The summed E-state index contributed by atoms with van der Waals surface area (Å²) in [7, 11) is 0. The van der Waals surface area contributed by atoms with Crippen molar-refractivity contribution in [1.82, 2.24) is 9.78 Å². The summed E-state index contributed by atoms with van der Waals surface area (Å²) in [5.41, 5.74) is 10.0. The fourth-order valence-electron chi connectivity index (χ4n) is 2.02. The Kier molecular flexibility index (Phi) is 3.79. The maximum absolute atomic E-state index is 6.10. The monoisotopic (exact) mass is 258 g/mol. The van der Waals surface area contributed by atoms with Crippen molar-refractivity contribution in [1.29, 1.82) is 0 Å². The molecule has 1 heterocycles. The van der Waals surface area contributed by atoms with Crippen molar-refractivity contribution in [2.24, 2.45) is 0 Å². The van der Waals surface area contributed by atoms with Crippen molar-refractivity contribution in [3.63, 3.8) is 0 Å². The summed E-state index contributed by atoms with van der Waals surface area (Å²) >= 11 is 0. The van der Waals surface area contributed by atoms with E-state index in [4.69, 9.17) is 5.73 Å². The van der Waals surface area contributed by atoms with Crippen LogP contribution in [0.4, 0.5) is 17.2 Å². The lowest BCUT2D eigenvalue weighted by atomic mass is 10.1. The highest BCUT2D eigenvalue weighted by atomic mass is 15.4. The van der Waals surface area contributed by atoms with E-state index in [0.717, 1.165) is 23.6 Å². The maximum Gasteiger partial charge on any atom is 0.152 e. The van der Waals surface area contributed by atoms with Crippen LogP contribution < -0.4 is 11.1 Å². The Balaban J connectivity index is 2.31. The number of rotatable bonds is 4. The third-order valence-corrected chi connectivity index (χ3v) is 3.25. The van der Waals surface area contributed by atoms with Gasteiger partial charge in [-0.25, -0.2) is 4.68 Å². The Morgan fingerprint density at radius 3 is 2.42 bits per heavy atom. The first-order valence-corrected chi connectivity index (χ1v) is 6.73. The molecule has 0 aliphatic carbocycles. The van der Waals surface area contributed by atoms with Crippen LogP contribution in [0.3, 0.4) is 0 Å². The van der Waals surface area contributed by atoms with Gasteiger partial charge in [-0.15, -0.1) is 0 Å². The molecule has 0 bridgehead atoms. The van der Waals surface area contributed by atoms with Crippen LogP contribution in [-0.2, 0) is 6.42 Å². The van der Waals surface area contributed by atoms with Gasteiger partial charge in [0.05, 0.1) is 11.4 Å². The molecule has 0 saturated carbocycles. The van der Waals surface area contributed by atoms with E-state index < -0.39 is 0 Å². The van der Waals surface area contributed by atoms with Crippen molar-refractivity contribution < 1.29 is 0 Å². The first kappa shape index (κ1) is 13.5. The number of hydrogen-bond donors (Lipinski definition) is 2. The quantitative estimate of drug-likeness (QED) is 0.880. The Bertz CT molecular complexity index is 552. The number of hydrogen-bond acceptors (Lipinski definition) is 3. The number of benzene rings is 1. The van der Waals surface area contributed by atoms with E-state index in [1.54, 1.807) is 0 Å². The van der Waals surface area contributed by atoms with Gasteiger partial charge in [-0.3, -0.25) is 0 Å². The zero-order chi connectivity index (χ0) is 14.0. The maximum atomic E-state index is 6.10. The van der Waals surface area contributed by atoms with Crippen LogP contribution in [0, 0.1) is 6.92 Å². The minimum atomic E-state index is 0.272. The minimum absolute atomic E-state index is 0.272. The van der Waals surface area contributed by atoms with Gasteiger partial charge >= 0.3 is 0 Å². The van der Waals surface area contributed by atoms with Crippen molar-refractivity contribution in [2.75, 3.05) is 11.1 Å². The van der Waals surface area contributed by atoms with E-state index in [-0.39, 0.29) is 6.04 Å². The van der Waals surface area contributed by atoms with Crippen molar-refractivity contribution in [2.45, 2.75) is 40.2 Å². The summed E-state index contributed by atoms with van der Waals surface area (Å²) < 4.78 is 1.93. The van der Waals surface area contributed by atoms with Crippen molar-refractivity contribution >= 4 is 17.2 Å². The smallest absolute Gasteiger partial charge is 0.152 e. The molecule has 0 fully saturated rings. The van der Waals surface area contributed by atoms with Gasteiger partial charge in [-0.05, 0) is 44.9 Å². The van der Waals surface area contributed by atoms with E-state index in [2.05, 4.69) is 55.5 Å². The summed E-state index contributed by atoms with van der Waals surface area (Å²) in [6, 6.07) is 8.67. The van der Waals surface area contributed by atoms with Crippen LogP contribution in [0.2, 0.25) is 0 Å². The molecule has 0 spiro atoms. The number of nitrogens with two attached hydrogens (primary N) is 1. The summed E-state index contributed by atoms with van der Waals surface area (Å²) in [6.45, 7) is 8.27. The predicted molar refractivity (Wildman–Crippen MR) is 80.9 cm³/mol. The number of aromatic nitrogens is 2. The van der Waals surface area contributed by atoms with Crippen LogP contribution in [-0.4, -0.2) is 9.78 Å². The van der Waals surface area contributed by atoms with Gasteiger partial charge in [-0.1, -0.05) is 19.1 Å². The lowest BCUT2D eigenvalue weighted by Gasteiger charge is -2.13. The lowest BCUT2D eigenvalue weighted by molar-refractivity contribution is 0.536. The largest absolute Gasteiger partial charge is 0.394 e. The normalized spacial score (nSPS) is 11.0. The molecule has 4 nitrogen and oxygen atoms in total. The molecule has 0 aliphatic rings. The molecule has 102 valence electrons. The second-order valence-corrected chi connectivity index (χ2v) is 5.06. The summed E-state index contributed by atoms with van der Waals surface area (Å²) in [6.07, 6.45) is 1.05. The Hall–Kier alpha value is -1.97. The van der Waals surface area contributed by atoms with Gasteiger partial charge in [0, 0.05) is 11.7 Å². The first-order chi connectivity index (χ1) is 9.02. The van der Waals surface area contributed by atoms with Crippen molar-refractivity contribution in [3.05, 3.63) is 35.5 Å². The van der Waals surface area contributed by atoms with Gasteiger partial charge in [-0.2, -0.15) is 5.10 Å². The number of nitrogen functional groups attached to an aromatic ring is 1. The summed E-state index contributed by atoms with van der Waals surface area (Å²) in [4.78, 5) is 0. The van der Waals surface area contributed by atoms with Gasteiger partial charge in [0.15, 0.2) is 5.82 Å². The molecule has 0 radical (unpaired) electrons. The van der Waals surface area contributed by atoms with E-state index in [0.29, 0.717) is 5.69 Å². The van der Waals surface area contributed by atoms with Crippen molar-refractivity contribution in [3.8, 4) is 0 Å². The molecule has 3 N–H and O–H groups in total. The average Bonchev–Trinajstić information content (AvgIpc) is 2.68. The summed E-state index contributed by atoms with van der Waals surface area (Å²) in [5.74, 6) is 0.872. The Labute approximate surface area is 114 Å². The summed E-state index contributed by atoms with van der Waals surface area (Å²) in [5, 5.41) is 7.84. The highest BCUT2D eigenvalue weighted by Crippen LogP contribution is 2.28. The molecule has 1 aromatic carbocycles. The zero-order valence-corrected chi connectivity index (χ0v) is 12.1. The zero-order valence-electron chi connectivity index (χ0n) is 12.1. The SMILES string of the molecule is CCc1ccc(Nc2c(N)c(C)nn2C(C)C)cc1. The molecule has 0 saturated heterocycles. The lowest BCUT2D eigenvalue weighted by Crippen LogP contribution is -2.08. The molecule has 2 rings (SSSR count). The molecular weight excluding hydrogens is 236 g/mol. The number of nitrogens with one attached hydrogen (secondary N) is 1. The third kappa shape index (κ3) is 2.72. The second-order valence-electron chi connectivity index (χ2n) is 5.06. The van der Waals surface area contributed by atoms with E-state index >= 15 is 0 Å². The van der Waals surface area contributed by atoms with E-state index in [1.165, 1.54) is 5.56 Å². The van der Waals surface area contributed by atoms with Gasteiger partial charge in [0.25, 0.3) is 0 Å². The fraction of sp³-hybridized carbons (Fsp3) is 0.400. The number of anilines is 3. The van der Waals surface area contributed by atoms with Crippen LogP contribution in [0.25, 0.3) is 0 Å². The molecule has 0 amide bonds. The van der Waals surface area contributed by atoms with E-state index in [9.17, 15) is 0 Å². The van der Waals surface area contributed by atoms with Gasteiger partial charge in [0.2, 0.25) is 0 Å². The first-order valence-electron chi connectivity index (χ1n) is 6.73. The van der Waals surface area contributed by atoms with Crippen LogP contribution >= 0.6 is 0 Å². The standard InChI is InChI=1S/C15H22N4/c1-5-12-6-8-13(9-7-12)17-15-14(16)11(4)18-19(15)10(2)3/h6-10,17H,5,16H2,1-4H3. The number of nitrogens with zero attached hydrogens (tertiary/aromatic N) is 2. The fourth-order valence-corrected chi connectivity index (χ4v) is 2.02. The van der Waals surface area contributed by atoms with Crippen LogP contribution in [0.1, 0.15) is 38.1 Å².